The predicted molar refractivity (Wildman–Crippen MR) is 99.5 cm³/mol. The summed E-state index contributed by atoms with van der Waals surface area (Å²) in [6.07, 6.45) is -4.77. The summed E-state index contributed by atoms with van der Waals surface area (Å²) in [7, 11) is -4.52. The number of hydrogen-bond acceptors (Lipinski definition) is 4. The number of esters is 1. The Kier molecular flexibility index (Phi) is 6.00. The van der Waals surface area contributed by atoms with Gasteiger partial charge in [-0.2, -0.15) is 17.5 Å². The van der Waals surface area contributed by atoms with Crippen LogP contribution in [0.25, 0.3) is 0 Å². The summed E-state index contributed by atoms with van der Waals surface area (Å²) in [5.74, 6) is -0.612. The summed E-state index contributed by atoms with van der Waals surface area (Å²) in [6, 6.07) is 10.2. The molecule has 0 bridgehead atoms. The Bertz CT molecular complexity index is 1000. The molecule has 0 saturated carbocycles. The molecule has 0 radical (unpaired) electrons. The highest BCUT2D eigenvalue weighted by Gasteiger charge is 2.42. The fourth-order valence-corrected chi connectivity index (χ4v) is 5.38. The summed E-state index contributed by atoms with van der Waals surface area (Å²) in [4.78, 5) is 11.3. The van der Waals surface area contributed by atoms with Crippen LogP contribution in [0.4, 0.5) is 13.2 Å². The number of fused-ring (bicyclic) bond motifs is 1. The molecule has 0 saturated heterocycles. The largest absolute Gasteiger partial charge is 0.466 e. The van der Waals surface area contributed by atoms with Gasteiger partial charge in [-0.15, -0.1) is 0 Å². The summed E-state index contributed by atoms with van der Waals surface area (Å²) >= 11 is 0. The zero-order valence-corrected chi connectivity index (χ0v) is 16.5. The summed E-state index contributed by atoms with van der Waals surface area (Å²) in [5.41, 5.74) is 0.228. The fourth-order valence-electron chi connectivity index (χ4n) is 3.56. The van der Waals surface area contributed by atoms with Gasteiger partial charge in [0.15, 0.2) is 0 Å². The van der Waals surface area contributed by atoms with E-state index in [-0.39, 0.29) is 19.6 Å². The molecule has 29 heavy (non-hydrogen) atoms. The van der Waals surface area contributed by atoms with Gasteiger partial charge in [-0.3, -0.25) is 4.79 Å². The van der Waals surface area contributed by atoms with E-state index in [0.29, 0.717) is 12.0 Å². The molecular weight excluding hydrogens is 407 g/mol. The van der Waals surface area contributed by atoms with Gasteiger partial charge in [0.25, 0.3) is 0 Å². The smallest absolute Gasteiger partial charge is 0.417 e. The zero-order valence-electron chi connectivity index (χ0n) is 15.6. The van der Waals surface area contributed by atoms with Crippen molar-refractivity contribution in [1.29, 1.82) is 0 Å². The van der Waals surface area contributed by atoms with Crippen LogP contribution in [0.2, 0.25) is 0 Å². The molecule has 0 amide bonds. The molecule has 156 valence electrons. The van der Waals surface area contributed by atoms with Crippen molar-refractivity contribution in [1.82, 2.24) is 4.31 Å². The van der Waals surface area contributed by atoms with Gasteiger partial charge >= 0.3 is 12.1 Å². The number of halogens is 3. The molecule has 0 unspecified atom stereocenters. The Hall–Kier alpha value is -2.39. The summed E-state index contributed by atoms with van der Waals surface area (Å²) in [6.45, 7) is 1.72. The maximum atomic E-state index is 13.4. The van der Waals surface area contributed by atoms with Gasteiger partial charge in [-0.25, -0.2) is 8.42 Å². The monoisotopic (exact) mass is 427 g/mol. The third kappa shape index (κ3) is 4.30. The first-order valence-electron chi connectivity index (χ1n) is 9.07. The normalized spacial score (nSPS) is 17.6. The predicted octanol–water partition coefficient (Wildman–Crippen LogP) is 3.95. The van der Waals surface area contributed by atoms with Gasteiger partial charge in [-0.05, 0) is 36.6 Å². The molecule has 1 atom stereocenters. The van der Waals surface area contributed by atoms with Crippen LogP contribution >= 0.6 is 0 Å². The molecule has 0 spiro atoms. The maximum absolute atomic E-state index is 13.4. The van der Waals surface area contributed by atoms with Crippen LogP contribution in [-0.2, 0) is 32.2 Å². The van der Waals surface area contributed by atoms with Crippen molar-refractivity contribution >= 4 is 16.0 Å². The number of ether oxygens (including phenoxy) is 1. The van der Waals surface area contributed by atoms with E-state index in [4.69, 9.17) is 4.74 Å². The molecule has 0 aliphatic carbocycles. The van der Waals surface area contributed by atoms with E-state index in [9.17, 15) is 26.4 Å². The molecule has 5 nitrogen and oxygen atoms in total. The van der Waals surface area contributed by atoms with Crippen molar-refractivity contribution in [2.75, 3.05) is 13.2 Å². The number of alkyl halides is 3. The number of benzene rings is 2. The highest BCUT2D eigenvalue weighted by molar-refractivity contribution is 7.89. The molecule has 3 rings (SSSR count). The SMILES string of the molecule is CCOC(=O)C[C@@H]1c2ccccc2CCN1S(=O)(=O)c1ccccc1C(F)(F)F. The van der Waals surface area contributed by atoms with Crippen LogP contribution in [0.15, 0.2) is 53.4 Å². The summed E-state index contributed by atoms with van der Waals surface area (Å²) in [5, 5.41) is 0. The van der Waals surface area contributed by atoms with Crippen molar-refractivity contribution in [2.45, 2.75) is 36.9 Å². The second-order valence-corrected chi connectivity index (χ2v) is 8.44. The number of rotatable bonds is 5. The number of carbonyl (C=O) groups excluding carboxylic acids is 1. The number of sulfonamides is 1. The number of hydrogen-bond donors (Lipinski definition) is 0. The molecule has 0 N–H and O–H groups in total. The maximum Gasteiger partial charge on any atom is 0.417 e. The summed E-state index contributed by atoms with van der Waals surface area (Å²) < 4.78 is 72.8. The Morgan fingerprint density at radius 3 is 2.48 bits per heavy atom. The highest BCUT2D eigenvalue weighted by atomic mass is 32.2. The molecule has 9 heteroatoms. The minimum atomic E-state index is -4.83. The molecule has 2 aromatic rings. The second kappa shape index (κ2) is 8.16. The molecule has 0 aromatic heterocycles. The van der Waals surface area contributed by atoms with Crippen LogP contribution in [-0.4, -0.2) is 31.8 Å². The first-order chi connectivity index (χ1) is 13.7. The van der Waals surface area contributed by atoms with Crippen LogP contribution in [0.3, 0.4) is 0 Å². The van der Waals surface area contributed by atoms with Gasteiger partial charge in [-0.1, -0.05) is 36.4 Å². The van der Waals surface area contributed by atoms with Crippen molar-refractivity contribution in [3.8, 4) is 0 Å². The molecular formula is C20H20F3NO4S. The van der Waals surface area contributed by atoms with E-state index >= 15 is 0 Å². The average molecular weight is 427 g/mol. The number of nitrogens with zero attached hydrogens (tertiary/aromatic N) is 1. The first kappa shape index (κ1) is 21.3. The second-order valence-electron chi connectivity index (χ2n) is 6.58. The van der Waals surface area contributed by atoms with Gasteiger partial charge in [0.05, 0.1) is 29.5 Å². The quantitative estimate of drug-likeness (QED) is 0.678. The van der Waals surface area contributed by atoms with Gasteiger partial charge in [0.2, 0.25) is 10.0 Å². The lowest BCUT2D eigenvalue weighted by molar-refractivity contribution is -0.144. The third-order valence-corrected chi connectivity index (χ3v) is 6.77. The van der Waals surface area contributed by atoms with E-state index in [1.165, 1.54) is 6.07 Å². The first-order valence-corrected chi connectivity index (χ1v) is 10.5. The van der Waals surface area contributed by atoms with Crippen molar-refractivity contribution in [3.05, 3.63) is 65.2 Å². The van der Waals surface area contributed by atoms with E-state index in [1.54, 1.807) is 25.1 Å². The van der Waals surface area contributed by atoms with Gasteiger partial charge in [0.1, 0.15) is 0 Å². The Morgan fingerprint density at radius 1 is 1.14 bits per heavy atom. The van der Waals surface area contributed by atoms with Gasteiger partial charge in [0, 0.05) is 6.54 Å². The van der Waals surface area contributed by atoms with Crippen molar-refractivity contribution < 1.29 is 31.1 Å². The highest BCUT2D eigenvalue weighted by Crippen LogP contribution is 2.40. The minimum Gasteiger partial charge on any atom is -0.466 e. The van der Waals surface area contributed by atoms with Crippen molar-refractivity contribution in [3.63, 3.8) is 0 Å². The molecule has 0 fully saturated rings. The average Bonchev–Trinajstić information content (AvgIpc) is 2.67. The topological polar surface area (TPSA) is 63.7 Å². The molecule has 1 aliphatic heterocycles. The lowest BCUT2D eigenvalue weighted by Gasteiger charge is -2.36. The Balaban J connectivity index is 2.09. The van der Waals surface area contributed by atoms with E-state index in [0.717, 1.165) is 28.1 Å². The third-order valence-electron chi connectivity index (χ3n) is 4.81. The Labute approximate surface area is 167 Å². The minimum absolute atomic E-state index is 0.0321. The lowest BCUT2D eigenvalue weighted by atomic mass is 9.92. The Morgan fingerprint density at radius 2 is 1.79 bits per heavy atom. The lowest BCUT2D eigenvalue weighted by Crippen LogP contribution is -2.41. The van der Waals surface area contributed by atoms with E-state index in [2.05, 4.69) is 0 Å². The van der Waals surface area contributed by atoms with Gasteiger partial charge < -0.3 is 4.74 Å². The van der Waals surface area contributed by atoms with Crippen LogP contribution in [0.1, 0.15) is 36.1 Å². The molecule has 1 heterocycles. The number of carbonyl (C=O) groups is 1. The molecule has 2 aromatic carbocycles. The van der Waals surface area contributed by atoms with Crippen LogP contribution in [0.5, 0.6) is 0 Å². The van der Waals surface area contributed by atoms with Crippen LogP contribution < -0.4 is 0 Å². The zero-order chi connectivity index (χ0) is 21.2. The standard InChI is InChI=1S/C20H20F3NO4S/c1-2-28-19(25)13-17-15-8-4-3-7-14(15)11-12-24(17)29(26,27)18-10-6-5-9-16(18)20(21,22)23/h3-10,17H,2,11-13H2,1H3/t17-/m1/s1. The van der Waals surface area contributed by atoms with E-state index in [1.807, 2.05) is 6.07 Å². The van der Waals surface area contributed by atoms with Crippen molar-refractivity contribution in [2.24, 2.45) is 0 Å². The van der Waals surface area contributed by atoms with Crippen LogP contribution in [0, 0.1) is 0 Å². The van der Waals surface area contributed by atoms with E-state index < -0.39 is 38.7 Å². The molecule has 1 aliphatic rings. The fraction of sp³-hybridized carbons (Fsp3) is 0.350.